The highest BCUT2D eigenvalue weighted by atomic mass is 16.5. The van der Waals surface area contributed by atoms with Crippen molar-refractivity contribution in [3.8, 4) is 5.75 Å². The second kappa shape index (κ2) is 6.80. The molecule has 0 fully saturated rings. The molecule has 0 saturated carbocycles. The van der Waals surface area contributed by atoms with Crippen LogP contribution in [0.2, 0.25) is 0 Å². The SMILES string of the molecule is Cc1c(C(=O)Nc2cccc(OCC(=O)O)c2)oc2c1C(=O)CCC2. The monoisotopic (exact) mass is 343 g/mol. The third-order valence-electron chi connectivity index (χ3n) is 3.97. The standard InChI is InChI=1S/C18H17NO6/c1-10-16-13(20)6-3-7-14(16)25-17(10)18(23)19-11-4-2-5-12(8-11)24-9-15(21)22/h2,4-5,8H,3,6-7,9H2,1H3,(H,19,23)(H,21,22). The maximum Gasteiger partial charge on any atom is 0.341 e. The first kappa shape index (κ1) is 16.8. The molecule has 0 atom stereocenters. The molecule has 25 heavy (non-hydrogen) atoms. The number of Topliss-reactive ketones (excluding diaryl/α,β-unsaturated/α-hetero) is 1. The van der Waals surface area contributed by atoms with Crippen LogP contribution in [0, 0.1) is 6.92 Å². The summed E-state index contributed by atoms with van der Waals surface area (Å²) in [5.41, 5.74) is 1.51. The van der Waals surface area contributed by atoms with Gasteiger partial charge in [-0.15, -0.1) is 0 Å². The number of benzene rings is 1. The van der Waals surface area contributed by atoms with E-state index in [0.29, 0.717) is 41.2 Å². The number of aryl methyl sites for hydroxylation is 1. The second-order valence-electron chi connectivity index (χ2n) is 5.80. The second-order valence-corrected chi connectivity index (χ2v) is 5.80. The summed E-state index contributed by atoms with van der Waals surface area (Å²) in [5.74, 6) is -0.531. The summed E-state index contributed by atoms with van der Waals surface area (Å²) in [4.78, 5) is 35.0. The number of ketones is 1. The summed E-state index contributed by atoms with van der Waals surface area (Å²) >= 11 is 0. The summed E-state index contributed by atoms with van der Waals surface area (Å²) in [6, 6.07) is 6.39. The minimum absolute atomic E-state index is 0.00520. The minimum Gasteiger partial charge on any atom is -0.482 e. The van der Waals surface area contributed by atoms with Gasteiger partial charge in [-0.25, -0.2) is 4.79 Å². The number of aliphatic carboxylic acids is 1. The fraction of sp³-hybridized carbons (Fsp3) is 0.278. The molecule has 130 valence electrons. The van der Waals surface area contributed by atoms with Crippen molar-refractivity contribution in [2.45, 2.75) is 26.2 Å². The quantitative estimate of drug-likeness (QED) is 0.865. The summed E-state index contributed by atoms with van der Waals surface area (Å²) < 4.78 is 10.7. The summed E-state index contributed by atoms with van der Waals surface area (Å²) in [6.07, 6.45) is 1.84. The lowest BCUT2D eigenvalue weighted by molar-refractivity contribution is -0.139. The zero-order valence-electron chi connectivity index (χ0n) is 13.6. The van der Waals surface area contributed by atoms with Crippen LogP contribution in [0.3, 0.4) is 0 Å². The number of ether oxygens (including phenoxy) is 1. The molecular weight excluding hydrogens is 326 g/mol. The molecule has 0 saturated heterocycles. The first-order valence-corrected chi connectivity index (χ1v) is 7.87. The Balaban J connectivity index is 1.78. The smallest absolute Gasteiger partial charge is 0.341 e. The number of hydrogen-bond acceptors (Lipinski definition) is 5. The van der Waals surface area contributed by atoms with Crippen molar-refractivity contribution in [3.05, 3.63) is 46.9 Å². The van der Waals surface area contributed by atoms with E-state index in [-0.39, 0.29) is 11.5 Å². The molecule has 3 rings (SSSR count). The number of carboxylic acid groups (broad SMARTS) is 1. The Morgan fingerprint density at radius 1 is 1.32 bits per heavy atom. The molecule has 1 aromatic heterocycles. The van der Waals surface area contributed by atoms with Crippen LogP contribution in [-0.2, 0) is 11.2 Å². The Morgan fingerprint density at radius 3 is 2.84 bits per heavy atom. The largest absolute Gasteiger partial charge is 0.482 e. The topological polar surface area (TPSA) is 106 Å². The summed E-state index contributed by atoms with van der Waals surface area (Å²) in [5, 5.41) is 11.3. The Labute approximate surface area is 143 Å². The molecule has 1 heterocycles. The Kier molecular flexibility index (Phi) is 4.56. The highest BCUT2D eigenvalue weighted by Gasteiger charge is 2.28. The van der Waals surface area contributed by atoms with E-state index in [1.165, 1.54) is 6.07 Å². The van der Waals surface area contributed by atoms with Crippen LogP contribution >= 0.6 is 0 Å². The lowest BCUT2D eigenvalue weighted by atomic mass is 9.94. The maximum atomic E-state index is 12.5. The zero-order chi connectivity index (χ0) is 18.0. The van der Waals surface area contributed by atoms with Crippen LogP contribution in [-0.4, -0.2) is 29.4 Å². The van der Waals surface area contributed by atoms with Gasteiger partial charge in [-0.2, -0.15) is 0 Å². The van der Waals surface area contributed by atoms with E-state index in [4.69, 9.17) is 14.3 Å². The molecule has 1 amide bonds. The van der Waals surface area contributed by atoms with E-state index in [1.54, 1.807) is 25.1 Å². The van der Waals surface area contributed by atoms with Crippen molar-refractivity contribution < 1.29 is 28.6 Å². The number of hydrogen-bond donors (Lipinski definition) is 2. The third-order valence-corrected chi connectivity index (χ3v) is 3.97. The normalized spacial score (nSPS) is 13.2. The molecule has 1 aliphatic rings. The molecule has 0 aliphatic heterocycles. The van der Waals surface area contributed by atoms with Crippen molar-refractivity contribution >= 4 is 23.3 Å². The number of furan rings is 1. The van der Waals surface area contributed by atoms with Gasteiger partial charge in [-0.3, -0.25) is 9.59 Å². The van der Waals surface area contributed by atoms with Gasteiger partial charge < -0.3 is 19.6 Å². The molecular formula is C18H17NO6. The number of carbonyl (C=O) groups is 3. The number of carbonyl (C=O) groups excluding carboxylic acids is 2. The number of fused-ring (bicyclic) bond motifs is 1. The van der Waals surface area contributed by atoms with Gasteiger partial charge in [-0.1, -0.05) is 6.07 Å². The molecule has 7 heteroatoms. The number of rotatable bonds is 5. The molecule has 0 spiro atoms. The molecule has 0 bridgehead atoms. The van der Waals surface area contributed by atoms with Crippen LogP contribution in [0.4, 0.5) is 5.69 Å². The lowest BCUT2D eigenvalue weighted by Crippen LogP contribution is -2.13. The van der Waals surface area contributed by atoms with E-state index in [9.17, 15) is 14.4 Å². The predicted molar refractivity (Wildman–Crippen MR) is 88.2 cm³/mol. The van der Waals surface area contributed by atoms with E-state index in [0.717, 1.165) is 6.42 Å². The summed E-state index contributed by atoms with van der Waals surface area (Å²) in [7, 11) is 0. The Bertz CT molecular complexity index is 851. The van der Waals surface area contributed by atoms with Crippen LogP contribution < -0.4 is 10.1 Å². The molecule has 1 aliphatic carbocycles. The number of carboxylic acids is 1. The minimum atomic E-state index is -1.09. The Hall–Kier alpha value is -3.09. The Morgan fingerprint density at radius 2 is 2.12 bits per heavy atom. The van der Waals surface area contributed by atoms with Gasteiger partial charge in [-0.05, 0) is 25.5 Å². The van der Waals surface area contributed by atoms with Crippen molar-refractivity contribution in [2.24, 2.45) is 0 Å². The van der Waals surface area contributed by atoms with Crippen LogP contribution in [0.1, 0.15) is 45.1 Å². The molecule has 2 aromatic rings. The van der Waals surface area contributed by atoms with E-state index >= 15 is 0 Å². The van der Waals surface area contributed by atoms with Crippen molar-refractivity contribution in [1.82, 2.24) is 0 Å². The molecule has 7 nitrogen and oxygen atoms in total. The third kappa shape index (κ3) is 3.55. The van der Waals surface area contributed by atoms with E-state index < -0.39 is 18.5 Å². The molecule has 0 unspecified atom stereocenters. The van der Waals surface area contributed by atoms with Crippen molar-refractivity contribution in [2.75, 3.05) is 11.9 Å². The van der Waals surface area contributed by atoms with Crippen LogP contribution in [0.25, 0.3) is 0 Å². The maximum absolute atomic E-state index is 12.5. The van der Waals surface area contributed by atoms with Gasteiger partial charge in [0.2, 0.25) is 0 Å². The first-order chi connectivity index (χ1) is 12.0. The van der Waals surface area contributed by atoms with Gasteiger partial charge in [0.1, 0.15) is 11.5 Å². The molecule has 1 aromatic carbocycles. The molecule has 2 N–H and O–H groups in total. The number of nitrogens with one attached hydrogen (secondary N) is 1. The highest BCUT2D eigenvalue weighted by molar-refractivity contribution is 6.07. The highest BCUT2D eigenvalue weighted by Crippen LogP contribution is 2.30. The van der Waals surface area contributed by atoms with E-state index in [1.807, 2.05) is 0 Å². The van der Waals surface area contributed by atoms with Gasteiger partial charge in [0.25, 0.3) is 5.91 Å². The first-order valence-electron chi connectivity index (χ1n) is 7.87. The van der Waals surface area contributed by atoms with E-state index in [2.05, 4.69) is 5.32 Å². The number of amides is 1. The average molecular weight is 343 g/mol. The van der Waals surface area contributed by atoms with Gasteiger partial charge in [0.05, 0.1) is 5.56 Å². The van der Waals surface area contributed by atoms with Crippen molar-refractivity contribution in [3.63, 3.8) is 0 Å². The lowest BCUT2D eigenvalue weighted by Gasteiger charge is -2.07. The predicted octanol–water partition coefficient (Wildman–Crippen LogP) is 2.82. The zero-order valence-corrected chi connectivity index (χ0v) is 13.6. The summed E-state index contributed by atoms with van der Waals surface area (Å²) in [6.45, 7) is 1.23. The van der Waals surface area contributed by atoms with Crippen LogP contribution in [0.15, 0.2) is 28.7 Å². The number of anilines is 1. The van der Waals surface area contributed by atoms with Gasteiger partial charge >= 0.3 is 5.97 Å². The molecule has 0 radical (unpaired) electrons. The fourth-order valence-electron chi connectivity index (χ4n) is 2.86. The van der Waals surface area contributed by atoms with Gasteiger partial charge in [0, 0.05) is 30.2 Å². The fourth-order valence-corrected chi connectivity index (χ4v) is 2.86. The van der Waals surface area contributed by atoms with Crippen LogP contribution in [0.5, 0.6) is 5.75 Å². The average Bonchev–Trinajstić information content (AvgIpc) is 2.92. The van der Waals surface area contributed by atoms with Crippen molar-refractivity contribution in [1.29, 1.82) is 0 Å². The van der Waals surface area contributed by atoms with Gasteiger partial charge in [0.15, 0.2) is 18.2 Å².